The van der Waals surface area contributed by atoms with Gasteiger partial charge in [-0.15, -0.1) is 0 Å². The van der Waals surface area contributed by atoms with Crippen LogP contribution in [0.5, 0.6) is 0 Å². The molecule has 2 aromatic rings. The third-order valence-electron chi connectivity index (χ3n) is 2.71. The van der Waals surface area contributed by atoms with E-state index in [1.807, 2.05) is 30.3 Å². The summed E-state index contributed by atoms with van der Waals surface area (Å²) in [5.41, 5.74) is 1.50. The Morgan fingerprint density at radius 1 is 1.00 bits per heavy atom. The molecule has 0 unspecified atom stereocenters. The minimum absolute atomic E-state index is 0.259. The number of sulfonamides is 1. The summed E-state index contributed by atoms with van der Waals surface area (Å²) in [6, 6.07) is 15.9. The predicted octanol–water partition coefficient (Wildman–Crippen LogP) is 2.95. The van der Waals surface area contributed by atoms with Crippen LogP contribution in [0.25, 0.3) is 6.08 Å². The Morgan fingerprint density at radius 3 is 2.29 bits per heavy atom. The molecule has 0 fully saturated rings. The number of hydrogen-bond acceptors (Lipinski definition) is 3. The minimum Gasteiger partial charge on any atom is -0.289 e. The number of rotatable bonds is 5. The number of carbonyl (C=O) groups is 1. The summed E-state index contributed by atoms with van der Waals surface area (Å²) in [4.78, 5) is 12.2. The van der Waals surface area contributed by atoms with E-state index in [9.17, 15) is 13.2 Å². The number of ketones is 1. The molecule has 0 heterocycles. The second-order valence-electron chi connectivity index (χ2n) is 4.53. The maximum Gasteiger partial charge on any atom is 0.229 e. The summed E-state index contributed by atoms with van der Waals surface area (Å²) in [6.45, 7) is 0. The maximum atomic E-state index is 12.2. The van der Waals surface area contributed by atoms with Gasteiger partial charge in [-0.05, 0) is 23.8 Å². The molecule has 0 atom stereocenters. The first-order valence-electron chi connectivity index (χ1n) is 6.30. The molecule has 0 aliphatic rings. The van der Waals surface area contributed by atoms with Gasteiger partial charge in [0.25, 0.3) is 0 Å². The summed E-state index contributed by atoms with van der Waals surface area (Å²) in [5.74, 6) is -0.259. The first-order chi connectivity index (χ1) is 9.96. The van der Waals surface area contributed by atoms with Gasteiger partial charge in [0, 0.05) is 5.56 Å². The zero-order valence-corrected chi connectivity index (χ0v) is 12.3. The molecule has 0 aromatic heterocycles. The highest BCUT2D eigenvalue weighted by molar-refractivity contribution is 7.92. The first-order valence-corrected chi connectivity index (χ1v) is 8.19. The molecule has 108 valence electrons. The van der Waals surface area contributed by atoms with Crippen LogP contribution in [0.1, 0.15) is 15.9 Å². The van der Waals surface area contributed by atoms with Crippen LogP contribution in [0.15, 0.2) is 60.7 Å². The average Bonchev–Trinajstić information content (AvgIpc) is 2.45. The van der Waals surface area contributed by atoms with Crippen LogP contribution in [0.2, 0.25) is 0 Å². The number of anilines is 1. The number of para-hydroxylation sites is 1. The van der Waals surface area contributed by atoms with Crippen molar-refractivity contribution in [3.05, 3.63) is 71.8 Å². The first kappa shape index (κ1) is 15.0. The number of hydrogen-bond donors (Lipinski definition) is 1. The van der Waals surface area contributed by atoms with Crippen molar-refractivity contribution in [2.75, 3.05) is 11.0 Å². The van der Waals surface area contributed by atoms with Crippen molar-refractivity contribution in [3.63, 3.8) is 0 Å². The van der Waals surface area contributed by atoms with Gasteiger partial charge in [0.05, 0.1) is 11.9 Å². The monoisotopic (exact) mass is 301 g/mol. The average molecular weight is 301 g/mol. The highest BCUT2D eigenvalue weighted by Gasteiger charge is 2.11. The summed E-state index contributed by atoms with van der Waals surface area (Å²) >= 11 is 0. The minimum atomic E-state index is -3.43. The van der Waals surface area contributed by atoms with Gasteiger partial charge in [0.1, 0.15) is 0 Å². The molecule has 0 bridgehead atoms. The molecular weight excluding hydrogens is 286 g/mol. The number of allylic oxidation sites excluding steroid dienone is 1. The van der Waals surface area contributed by atoms with Gasteiger partial charge in [-0.1, -0.05) is 48.5 Å². The number of benzene rings is 2. The second-order valence-corrected chi connectivity index (χ2v) is 6.28. The third kappa shape index (κ3) is 4.57. The molecule has 0 amide bonds. The van der Waals surface area contributed by atoms with Crippen molar-refractivity contribution >= 4 is 27.6 Å². The largest absolute Gasteiger partial charge is 0.289 e. The molecule has 2 rings (SSSR count). The van der Waals surface area contributed by atoms with E-state index in [4.69, 9.17) is 0 Å². The molecule has 0 radical (unpaired) electrons. The van der Waals surface area contributed by atoms with E-state index < -0.39 is 10.0 Å². The van der Waals surface area contributed by atoms with Gasteiger partial charge in [-0.3, -0.25) is 9.52 Å². The quantitative estimate of drug-likeness (QED) is 0.682. The third-order valence-corrected chi connectivity index (χ3v) is 3.31. The molecule has 2 aromatic carbocycles. The van der Waals surface area contributed by atoms with Crippen molar-refractivity contribution in [2.24, 2.45) is 0 Å². The number of carbonyl (C=O) groups excluding carboxylic acids is 1. The van der Waals surface area contributed by atoms with E-state index in [2.05, 4.69) is 4.72 Å². The second kappa shape index (κ2) is 6.37. The predicted molar refractivity (Wildman–Crippen MR) is 84.7 cm³/mol. The fourth-order valence-electron chi connectivity index (χ4n) is 1.81. The Balaban J connectivity index is 2.26. The lowest BCUT2D eigenvalue weighted by atomic mass is 10.1. The summed E-state index contributed by atoms with van der Waals surface area (Å²) < 4.78 is 25.0. The fourth-order valence-corrected chi connectivity index (χ4v) is 2.39. The van der Waals surface area contributed by atoms with Gasteiger partial charge < -0.3 is 0 Å². The van der Waals surface area contributed by atoms with Crippen LogP contribution in [-0.4, -0.2) is 20.5 Å². The van der Waals surface area contributed by atoms with E-state index in [0.29, 0.717) is 5.56 Å². The lowest BCUT2D eigenvalue weighted by molar-refractivity contribution is 0.104. The van der Waals surface area contributed by atoms with E-state index in [1.165, 1.54) is 6.08 Å². The van der Waals surface area contributed by atoms with Gasteiger partial charge in [0.2, 0.25) is 10.0 Å². The topological polar surface area (TPSA) is 63.2 Å². The Kier molecular flexibility index (Phi) is 4.55. The van der Waals surface area contributed by atoms with E-state index >= 15 is 0 Å². The molecule has 1 N–H and O–H groups in total. The smallest absolute Gasteiger partial charge is 0.229 e. The van der Waals surface area contributed by atoms with Gasteiger partial charge in [-0.25, -0.2) is 8.42 Å². The highest BCUT2D eigenvalue weighted by Crippen LogP contribution is 2.17. The standard InChI is InChI=1S/C16H15NO3S/c1-21(19,20)17-15-10-6-5-9-14(15)16(18)12-11-13-7-3-2-4-8-13/h2-12,17H,1H3/b12-11+. The summed E-state index contributed by atoms with van der Waals surface area (Å²) in [5, 5.41) is 0. The molecule has 5 heteroatoms. The van der Waals surface area contributed by atoms with Gasteiger partial charge in [-0.2, -0.15) is 0 Å². The van der Waals surface area contributed by atoms with Crippen LogP contribution < -0.4 is 4.72 Å². The van der Waals surface area contributed by atoms with E-state index in [1.54, 1.807) is 30.3 Å². The van der Waals surface area contributed by atoms with Crippen LogP contribution in [0.4, 0.5) is 5.69 Å². The Morgan fingerprint density at radius 2 is 1.62 bits per heavy atom. The molecule has 0 saturated carbocycles. The Bertz CT molecular complexity index is 765. The van der Waals surface area contributed by atoms with Crippen LogP contribution >= 0.6 is 0 Å². The lowest BCUT2D eigenvalue weighted by Gasteiger charge is -2.07. The lowest BCUT2D eigenvalue weighted by Crippen LogP contribution is -2.12. The fraction of sp³-hybridized carbons (Fsp3) is 0.0625. The zero-order valence-electron chi connectivity index (χ0n) is 11.5. The SMILES string of the molecule is CS(=O)(=O)Nc1ccccc1C(=O)/C=C/c1ccccc1. The van der Waals surface area contributed by atoms with Crippen LogP contribution in [-0.2, 0) is 10.0 Å². The van der Waals surface area contributed by atoms with E-state index in [0.717, 1.165) is 11.8 Å². The van der Waals surface area contributed by atoms with Crippen molar-refractivity contribution in [3.8, 4) is 0 Å². The van der Waals surface area contributed by atoms with Crippen molar-refractivity contribution in [2.45, 2.75) is 0 Å². The highest BCUT2D eigenvalue weighted by atomic mass is 32.2. The Hall–Kier alpha value is -2.40. The van der Waals surface area contributed by atoms with Crippen LogP contribution in [0, 0.1) is 0 Å². The molecule has 4 nitrogen and oxygen atoms in total. The molecule has 0 spiro atoms. The Labute approximate surface area is 124 Å². The van der Waals surface area contributed by atoms with Gasteiger partial charge >= 0.3 is 0 Å². The van der Waals surface area contributed by atoms with Crippen LogP contribution in [0.3, 0.4) is 0 Å². The van der Waals surface area contributed by atoms with Crippen molar-refractivity contribution in [1.82, 2.24) is 0 Å². The van der Waals surface area contributed by atoms with Crippen molar-refractivity contribution in [1.29, 1.82) is 0 Å². The zero-order chi connectivity index (χ0) is 15.3. The molecular formula is C16H15NO3S. The molecule has 0 saturated heterocycles. The molecule has 21 heavy (non-hydrogen) atoms. The summed E-state index contributed by atoms with van der Waals surface area (Å²) in [6.07, 6.45) is 4.17. The molecule has 0 aliphatic carbocycles. The molecule has 0 aliphatic heterocycles. The normalized spacial score (nSPS) is 11.5. The maximum absolute atomic E-state index is 12.2. The number of nitrogens with one attached hydrogen (secondary N) is 1. The van der Waals surface area contributed by atoms with Crippen molar-refractivity contribution < 1.29 is 13.2 Å². The van der Waals surface area contributed by atoms with Gasteiger partial charge in [0.15, 0.2) is 5.78 Å². The van der Waals surface area contributed by atoms with E-state index in [-0.39, 0.29) is 11.5 Å². The summed E-state index contributed by atoms with van der Waals surface area (Å²) in [7, 11) is -3.43.